The SMILES string of the molecule is CC1=NC(C)C(C)=C2CC3(CCCCC3)CN12. The van der Waals surface area contributed by atoms with E-state index in [1.165, 1.54) is 56.5 Å². The van der Waals surface area contributed by atoms with Gasteiger partial charge in [-0.05, 0) is 51.0 Å². The van der Waals surface area contributed by atoms with E-state index in [1.54, 1.807) is 5.70 Å². The minimum Gasteiger partial charge on any atom is -0.334 e. The molecule has 1 aliphatic carbocycles. The third-order valence-electron chi connectivity index (χ3n) is 5.13. The van der Waals surface area contributed by atoms with Gasteiger partial charge in [0.25, 0.3) is 0 Å². The van der Waals surface area contributed by atoms with Crippen molar-refractivity contribution in [1.29, 1.82) is 0 Å². The van der Waals surface area contributed by atoms with E-state index in [4.69, 9.17) is 4.99 Å². The number of hydrogen-bond acceptors (Lipinski definition) is 2. The maximum absolute atomic E-state index is 4.77. The molecule has 0 aromatic rings. The Morgan fingerprint density at radius 2 is 1.88 bits per heavy atom. The second-order valence-electron chi connectivity index (χ2n) is 6.31. The third kappa shape index (κ3) is 1.73. The van der Waals surface area contributed by atoms with Crippen molar-refractivity contribution in [3.8, 4) is 0 Å². The van der Waals surface area contributed by atoms with E-state index in [9.17, 15) is 0 Å². The Balaban J connectivity index is 1.92. The topological polar surface area (TPSA) is 15.6 Å². The molecule has 2 heteroatoms. The molecule has 94 valence electrons. The Labute approximate surface area is 105 Å². The van der Waals surface area contributed by atoms with E-state index in [0.29, 0.717) is 11.5 Å². The molecule has 0 bridgehead atoms. The Morgan fingerprint density at radius 1 is 1.18 bits per heavy atom. The maximum atomic E-state index is 4.77. The van der Waals surface area contributed by atoms with Crippen molar-refractivity contribution in [3.63, 3.8) is 0 Å². The molecular weight excluding hydrogens is 208 g/mol. The summed E-state index contributed by atoms with van der Waals surface area (Å²) in [6.07, 6.45) is 8.50. The van der Waals surface area contributed by atoms with E-state index in [1.807, 2.05) is 0 Å². The molecule has 2 nitrogen and oxygen atoms in total. The highest BCUT2D eigenvalue weighted by molar-refractivity contribution is 5.83. The number of rotatable bonds is 0. The maximum Gasteiger partial charge on any atom is 0.101 e. The standard InChI is InChI=1S/C15H24N2/c1-11-12(2)16-13(3)17-10-15(9-14(11)17)7-5-4-6-8-15/h12H,4-10H2,1-3H3. The van der Waals surface area contributed by atoms with Gasteiger partial charge < -0.3 is 4.90 Å². The zero-order chi connectivity index (χ0) is 12.0. The molecule has 2 fully saturated rings. The summed E-state index contributed by atoms with van der Waals surface area (Å²) in [5, 5.41) is 0. The van der Waals surface area contributed by atoms with Gasteiger partial charge in [0.05, 0.1) is 6.04 Å². The molecule has 1 saturated carbocycles. The lowest BCUT2D eigenvalue weighted by Crippen LogP contribution is -2.34. The van der Waals surface area contributed by atoms with E-state index in [0.717, 1.165) is 0 Å². The summed E-state index contributed by atoms with van der Waals surface area (Å²) in [4.78, 5) is 7.28. The molecule has 3 aliphatic rings. The summed E-state index contributed by atoms with van der Waals surface area (Å²) < 4.78 is 0. The van der Waals surface area contributed by atoms with Gasteiger partial charge in [-0.25, -0.2) is 0 Å². The predicted octanol–water partition coefficient (Wildman–Crippen LogP) is 3.74. The highest BCUT2D eigenvalue weighted by Gasteiger charge is 2.44. The molecule has 2 aliphatic heterocycles. The molecule has 0 aromatic heterocycles. The van der Waals surface area contributed by atoms with Crippen molar-refractivity contribution in [2.45, 2.75) is 65.3 Å². The Kier molecular flexibility index (Phi) is 2.57. The fourth-order valence-corrected chi connectivity index (χ4v) is 3.92. The van der Waals surface area contributed by atoms with Crippen molar-refractivity contribution in [1.82, 2.24) is 4.90 Å². The lowest BCUT2D eigenvalue weighted by atomic mass is 9.73. The first-order valence-electron chi connectivity index (χ1n) is 7.13. The van der Waals surface area contributed by atoms with Crippen LogP contribution in [0.4, 0.5) is 0 Å². The van der Waals surface area contributed by atoms with Crippen LogP contribution in [0.1, 0.15) is 59.3 Å². The monoisotopic (exact) mass is 232 g/mol. The summed E-state index contributed by atoms with van der Waals surface area (Å²) in [5.74, 6) is 1.25. The van der Waals surface area contributed by atoms with Crippen LogP contribution in [-0.2, 0) is 0 Å². The van der Waals surface area contributed by atoms with Crippen molar-refractivity contribution in [2.75, 3.05) is 6.54 Å². The molecule has 0 N–H and O–H groups in total. The van der Waals surface area contributed by atoms with Gasteiger partial charge in [0, 0.05) is 12.2 Å². The average Bonchev–Trinajstić information content (AvgIpc) is 2.67. The fraction of sp³-hybridized carbons (Fsp3) is 0.800. The largest absolute Gasteiger partial charge is 0.334 e. The zero-order valence-electron chi connectivity index (χ0n) is 11.4. The predicted molar refractivity (Wildman–Crippen MR) is 72.1 cm³/mol. The van der Waals surface area contributed by atoms with Crippen LogP contribution in [0.5, 0.6) is 0 Å². The molecule has 1 unspecified atom stereocenters. The molecule has 1 saturated heterocycles. The number of allylic oxidation sites excluding steroid dienone is 1. The first-order valence-corrected chi connectivity index (χ1v) is 7.13. The van der Waals surface area contributed by atoms with Gasteiger partial charge in [-0.2, -0.15) is 0 Å². The first kappa shape index (κ1) is 11.3. The number of aliphatic imine (C=N–C) groups is 1. The van der Waals surface area contributed by atoms with Gasteiger partial charge in [0.2, 0.25) is 0 Å². The molecule has 0 aromatic carbocycles. The molecule has 0 amide bonds. The highest BCUT2D eigenvalue weighted by atomic mass is 15.2. The molecule has 3 rings (SSSR count). The summed E-state index contributed by atoms with van der Waals surface area (Å²) in [5.41, 5.74) is 3.71. The van der Waals surface area contributed by atoms with Crippen LogP contribution < -0.4 is 0 Å². The highest BCUT2D eigenvalue weighted by Crippen LogP contribution is 2.49. The average molecular weight is 232 g/mol. The van der Waals surface area contributed by atoms with Crippen LogP contribution >= 0.6 is 0 Å². The normalized spacial score (nSPS) is 31.8. The Bertz CT molecular complexity index is 386. The van der Waals surface area contributed by atoms with E-state index in [2.05, 4.69) is 25.7 Å². The molecule has 1 spiro atoms. The van der Waals surface area contributed by atoms with E-state index in [-0.39, 0.29) is 0 Å². The smallest absolute Gasteiger partial charge is 0.101 e. The summed E-state index contributed by atoms with van der Waals surface area (Å²) in [7, 11) is 0. The Morgan fingerprint density at radius 3 is 2.59 bits per heavy atom. The minimum atomic E-state index is 0.403. The molecular formula is C15H24N2. The van der Waals surface area contributed by atoms with Crippen LogP contribution in [0.2, 0.25) is 0 Å². The van der Waals surface area contributed by atoms with Crippen molar-refractivity contribution >= 4 is 5.84 Å². The molecule has 2 heterocycles. The lowest BCUT2D eigenvalue weighted by molar-refractivity contribution is 0.204. The number of hydrogen-bond donors (Lipinski definition) is 0. The Hall–Kier alpha value is -0.790. The summed E-state index contributed by atoms with van der Waals surface area (Å²) >= 11 is 0. The van der Waals surface area contributed by atoms with Crippen LogP contribution in [0.3, 0.4) is 0 Å². The summed E-state index contributed by atoms with van der Waals surface area (Å²) in [6, 6.07) is 0.403. The molecule has 1 atom stereocenters. The van der Waals surface area contributed by atoms with Crippen LogP contribution in [0.25, 0.3) is 0 Å². The molecule has 17 heavy (non-hydrogen) atoms. The fourth-order valence-electron chi connectivity index (χ4n) is 3.92. The van der Waals surface area contributed by atoms with Crippen molar-refractivity contribution < 1.29 is 0 Å². The first-order chi connectivity index (χ1) is 8.11. The second kappa shape index (κ2) is 3.86. The number of nitrogens with zero attached hydrogens (tertiary/aromatic N) is 2. The van der Waals surface area contributed by atoms with Crippen molar-refractivity contribution in [2.24, 2.45) is 10.4 Å². The zero-order valence-corrected chi connectivity index (χ0v) is 11.4. The van der Waals surface area contributed by atoms with Gasteiger partial charge in [-0.15, -0.1) is 0 Å². The molecule has 0 radical (unpaired) electrons. The summed E-state index contributed by atoms with van der Waals surface area (Å²) in [6.45, 7) is 7.94. The second-order valence-corrected chi connectivity index (χ2v) is 6.31. The van der Waals surface area contributed by atoms with E-state index < -0.39 is 0 Å². The van der Waals surface area contributed by atoms with E-state index >= 15 is 0 Å². The third-order valence-corrected chi connectivity index (χ3v) is 5.13. The lowest BCUT2D eigenvalue weighted by Gasteiger charge is -2.33. The van der Waals surface area contributed by atoms with Crippen LogP contribution in [-0.4, -0.2) is 23.3 Å². The number of fused-ring (bicyclic) bond motifs is 1. The van der Waals surface area contributed by atoms with Crippen molar-refractivity contribution in [3.05, 3.63) is 11.3 Å². The van der Waals surface area contributed by atoms with Crippen LogP contribution in [0, 0.1) is 5.41 Å². The van der Waals surface area contributed by atoms with Crippen LogP contribution in [0.15, 0.2) is 16.3 Å². The van der Waals surface area contributed by atoms with Gasteiger partial charge >= 0.3 is 0 Å². The quantitative estimate of drug-likeness (QED) is 0.621. The minimum absolute atomic E-state index is 0.403. The van der Waals surface area contributed by atoms with Gasteiger partial charge in [-0.1, -0.05) is 19.3 Å². The van der Waals surface area contributed by atoms with Gasteiger partial charge in [-0.3, -0.25) is 4.99 Å². The van der Waals surface area contributed by atoms with Gasteiger partial charge in [0.1, 0.15) is 5.84 Å². The number of amidine groups is 1. The van der Waals surface area contributed by atoms with Gasteiger partial charge in [0.15, 0.2) is 0 Å².